The number of ether oxygens (including phenoxy) is 4. The van der Waals surface area contributed by atoms with Crippen molar-refractivity contribution < 1.29 is 18.9 Å². The average Bonchev–Trinajstić information content (AvgIpc) is 3.04. The van der Waals surface area contributed by atoms with Gasteiger partial charge in [-0.25, -0.2) is 0 Å². The molecule has 1 heterocycles. The summed E-state index contributed by atoms with van der Waals surface area (Å²) in [5.74, 6) is 1.95. The third-order valence-electron chi connectivity index (χ3n) is 2.73. The Morgan fingerprint density at radius 1 is 1.00 bits per heavy atom. The second-order valence-corrected chi connectivity index (χ2v) is 3.72. The fourth-order valence-electron chi connectivity index (χ4n) is 1.80. The summed E-state index contributed by atoms with van der Waals surface area (Å²) in [5, 5.41) is 0. The largest absolute Gasteiger partial charge is 0.493 e. The maximum Gasteiger partial charge on any atom is 0.203 e. The summed E-state index contributed by atoms with van der Waals surface area (Å²) < 4.78 is 21.2. The first-order chi connectivity index (χ1) is 7.71. The number of benzene rings is 1. The predicted octanol–water partition coefficient (Wildman–Crippen LogP) is 2.17. The Labute approximate surface area is 95.1 Å². The Bertz CT molecular complexity index is 364. The Hall–Kier alpha value is -1.42. The molecule has 1 aliphatic heterocycles. The van der Waals surface area contributed by atoms with Crippen LogP contribution in [-0.2, 0) is 4.74 Å². The lowest BCUT2D eigenvalue weighted by molar-refractivity contribution is 0.322. The molecular weight excluding hydrogens is 208 g/mol. The monoisotopic (exact) mass is 224 g/mol. The molecule has 4 nitrogen and oxygen atoms in total. The molecule has 1 aliphatic rings. The number of epoxide rings is 1. The van der Waals surface area contributed by atoms with Crippen LogP contribution < -0.4 is 14.2 Å². The van der Waals surface area contributed by atoms with Crippen LogP contribution in [0.1, 0.15) is 18.6 Å². The standard InChI is InChI=1S/C12H16O4/c1-7-11(16-7)8-5-9(13-2)12(15-4)10(6-8)14-3/h5-7,11H,1-4H3/t7-,11-/m0/s1. The molecule has 0 N–H and O–H groups in total. The summed E-state index contributed by atoms with van der Waals surface area (Å²) >= 11 is 0. The summed E-state index contributed by atoms with van der Waals surface area (Å²) in [6, 6.07) is 3.85. The highest BCUT2D eigenvalue weighted by molar-refractivity contribution is 5.54. The number of methoxy groups -OCH3 is 3. The maximum atomic E-state index is 5.42. The summed E-state index contributed by atoms with van der Waals surface area (Å²) in [7, 11) is 4.81. The van der Waals surface area contributed by atoms with Crippen molar-refractivity contribution in [2.24, 2.45) is 0 Å². The summed E-state index contributed by atoms with van der Waals surface area (Å²) in [6.07, 6.45) is 0.413. The third-order valence-corrected chi connectivity index (χ3v) is 2.73. The zero-order chi connectivity index (χ0) is 11.7. The second kappa shape index (κ2) is 4.22. The van der Waals surface area contributed by atoms with Crippen LogP contribution in [0.5, 0.6) is 17.2 Å². The molecule has 0 bridgehead atoms. The van der Waals surface area contributed by atoms with Crippen molar-refractivity contribution in [3.05, 3.63) is 17.7 Å². The van der Waals surface area contributed by atoms with E-state index in [1.165, 1.54) is 0 Å². The van der Waals surface area contributed by atoms with Gasteiger partial charge in [-0.15, -0.1) is 0 Å². The van der Waals surface area contributed by atoms with Gasteiger partial charge in [0.15, 0.2) is 11.5 Å². The molecule has 0 aliphatic carbocycles. The van der Waals surface area contributed by atoms with E-state index in [0.717, 1.165) is 5.56 Å². The van der Waals surface area contributed by atoms with Crippen molar-refractivity contribution in [1.82, 2.24) is 0 Å². The van der Waals surface area contributed by atoms with E-state index in [9.17, 15) is 0 Å². The molecule has 0 spiro atoms. The summed E-state index contributed by atoms with van der Waals surface area (Å²) in [5.41, 5.74) is 1.06. The highest BCUT2D eigenvalue weighted by Crippen LogP contribution is 2.45. The van der Waals surface area contributed by atoms with Crippen LogP contribution in [0.25, 0.3) is 0 Å². The van der Waals surface area contributed by atoms with Gasteiger partial charge in [0.05, 0.1) is 27.4 Å². The van der Waals surface area contributed by atoms with Crippen molar-refractivity contribution in [3.63, 3.8) is 0 Å². The predicted molar refractivity (Wildman–Crippen MR) is 59.4 cm³/mol. The van der Waals surface area contributed by atoms with Crippen LogP contribution >= 0.6 is 0 Å². The Kier molecular flexibility index (Phi) is 2.92. The highest BCUT2D eigenvalue weighted by atomic mass is 16.6. The van der Waals surface area contributed by atoms with E-state index in [1.54, 1.807) is 21.3 Å². The smallest absolute Gasteiger partial charge is 0.203 e. The average molecular weight is 224 g/mol. The minimum atomic E-state index is 0.147. The lowest BCUT2D eigenvalue weighted by Gasteiger charge is -2.13. The second-order valence-electron chi connectivity index (χ2n) is 3.72. The molecule has 2 atom stereocenters. The van der Waals surface area contributed by atoms with Gasteiger partial charge in [-0.1, -0.05) is 0 Å². The minimum absolute atomic E-state index is 0.147. The van der Waals surface area contributed by atoms with E-state index in [1.807, 2.05) is 19.1 Å². The van der Waals surface area contributed by atoms with Crippen molar-refractivity contribution in [2.75, 3.05) is 21.3 Å². The fourth-order valence-corrected chi connectivity index (χ4v) is 1.80. The SMILES string of the molecule is COc1cc([C@H]2O[C@H]2C)cc(OC)c1OC. The molecule has 0 radical (unpaired) electrons. The normalized spacial score (nSPS) is 22.8. The molecule has 1 aromatic carbocycles. The zero-order valence-corrected chi connectivity index (χ0v) is 9.94. The van der Waals surface area contributed by atoms with Crippen LogP contribution in [0.3, 0.4) is 0 Å². The molecule has 1 fully saturated rings. The quantitative estimate of drug-likeness (QED) is 0.735. The Morgan fingerprint density at radius 3 is 1.81 bits per heavy atom. The third kappa shape index (κ3) is 1.80. The molecule has 2 rings (SSSR count). The lowest BCUT2D eigenvalue weighted by Crippen LogP contribution is -1.97. The van der Waals surface area contributed by atoms with Gasteiger partial charge in [0, 0.05) is 0 Å². The van der Waals surface area contributed by atoms with Crippen LogP contribution in [-0.4, -0.2) is 27.4 Å². The van der Waals surface area contributed by atoms with Gasteiger partial charge in [-0.3, -0.25) is 0 Å². The van der Waals surface area contributed by atoms with Gasteiger partial charge < -0.3 is 18.9 Å². The molecule has 1 saturated heterocycles. The topological polar surface area (TPSA) is 40.2 Å². The first kappa shape index (κ1) is 11.1. The molecule has 0 aromatic heterocycles. The van der Waals surface area contributed by atoms with Gasteiger partial charge in [0.2, 0.25) is 5.75 Å². The summed E-state index contributed by atoms with van der Waals surface area (Å²) in [6.45, 7) is 2.04. The minimum Gasteiger partial charge on any atom is -0.493 e. The van der Waals surface area contributed by atoms with Crippen molar-refractivity contribution in [1.29, 1.82) is 0 Å². The first-order valence-corrected chi connectivity index (χ1v) is 5.16. The van der Waals surface area contributed by atoms with Crippen molar-refractivity contribution in [2.45, 2.75) is 19.1 Å². The van der Waals surface area contributed by atoms with E-state index in [-0.39, 0.29) is 12.2 Å². The number of rotatable bonds is 4. The van der Waals surface area contributed by atoms with Crippen LogP contribution in [0.2, 0.25) is 0 Å². The number of hydrogen-bond acceptors (Lipinski definition) is 4. The van der Waals surface area contributed by atoms with E-state index in [4.69, 9.17) is 18.9 Å². The van der Waals surface area contributed by atoms with E-state index < -0.39 is 0 Å². The van der Waals surface area contributed by atoms with Crippen LogP contribution in [0, 0.1) is 0 Å². The van der Waals surface area contributed by atoms with Gasteiger partial charge in [-0.2, -0.15) is 0 Å². The van der Waals surface area contributed by atoms with E-state index in [0.29, 0.717) is 17.2 Å². The van der Waals surface area contributed by atoms with Gasteiger partial charge in [0.1, 0.15) is 6.10 Å². The van der Waals surface area contributed by atoms with Gasteiger partial charge in [0.25, 0.3) is 0 Å². The molecule has 4 heteroatoms. The molecule has 0 unspecified atom stereocenters. The molecule has 16 heavy (non-hydrogen) atoms. The van der Waals surface area contributed by atoms with E-state index in [2.05, 4.69) is 0 Å². The van der Waals surface area contributed by atoms with Crippen molar-refractivity contribution in [3.8, 4) is 17.2 Å². The zero-order valence-electron chi connectivity index (χ0n) is 9.94. The molecular formula is C12H16O4. The fraction of sp³-hybridized carbons (Fsp3) is 0.500. The van der Waals surface area contributed by atoms with E-state index >= 15 is 0 Å². The van der Waals surface area contributed by atoms with Gasteiger partial charge >= 0.3 is 0 Å². The maximum absolute atomic E-state index is 5.42. The molecule has 1 aromatic rings. The van der Waals surface area contributed by atoms with Gasteiger partial charge in [-0.05, 0) is 24.6 Å². The molecule has 0 saturated carbocycles. The Morgan fingerprint density at radius 2 is 1.50 bits per heavy atom. The lowest BCUT2D eigenvalue weighted by atomic mass is 10.1. The Balaban J connectivity index is 2.42. The van der Waals surface area contributed by atoms with Crippen LogP contribution in [0.15, 0.2) is 12.1 Å². The molecule has 0 amide bonds. The summed E-state index contributed by atoms with van der Waals surface area (Å²) in [4.78, 5) is 0. The van der Waals surface area contributed by atoms with Crippen molar-refractivity contribution >= 4 is 0 Å². The first-order valence-electron chi connectivity index (χ1n) is 5.16. The highest BCUT2D eigenvalue weighted by Gasteiger charge is 2.37. The molecule has 88 valence electrons. The van der Waals surface area contributed by atoms with Crippen LogP contribution in [0.4, 0.5) is 0 Å². The number of hydrogen-bond donors (Lipinski definition) is 0.